The van der Waals surface area contributed by atoms with Gasteiger partial charge in [0.1, 0.15) is 23.9 Å². The molecule has 32 heavy (non-hydrogen) atoms. The summed E-state index contributed by atoms with van der Waals surface area (Å²) in [7, 11) is 4.43. The van der Waals surface area contributed by atoms with E-state index >= 15 is 0 Å². The molecule has 1 N–H and O–H groups in total. The molecule has 2 aromatic rings. The molecule has 10 heteroatoms. The van der Waals surface area contributed by atoms with Gasteiger partial charge in [-0.1, -0.05) is 0 Å². The van der Waals surface area contributed by atoms with Crippen LogP contribution in [0.25, 0.3) is 0 Å². The number of hydrogen-bond donors (Lipinski definition) is 1. The minimum absolute atomic E-state index is 0.188. The van der Waals surface area contributed by atoms with E-state index in [1.807, 2.05) is 42.5 Å². The quantitative estimate of drug-likeness (QED) is 0.282. The molecule has 0 aromatic heterocycles. The van der Waals surface area contributed by atoms with Gasteiger partial charge >= 0.3 is 5.97 Å². The van der Waals surface area contributed by atoms with E-state index in [1.165, 1.54) is 13.3 Å². The van der Waals surface area contributed by atoms with Gasteiger partial charge in [0.05, 0.1) is 32.4 Å². The van der Waals surface area contributed by atoms with Crippen molar-refractivity contribution in [3.05, 3.63) is 64.6 Å². The molecule has 1 aliphatic rings. The number of carbonyl (C=O) groups excluding carboxylic acids is 2. The van der Waals surface area contributed by atoms with Gasteiger partial charge in [-0.15, -0.1) is 5.10 Å². The van der Waals surface area contributed by atoms with Gasteiger partial charge in [-0.25, -0.2) is 4.79 Å². The lowest BCUT2D eigenvalue weighted by Crippen LogP contribution is -2.19. The number of nitrogens with one attached hydrogen (secondary N) is 1. The average molecular weight is 455 g/mol. The lowest BCUT2D eigenvalue weighted by atomic mass is 10.1. The molecule has 166 valence electrons. The van der Waals surface area contributed by atoms with Crippen molar-refractivity contribution in [1.29, 1.82) is 0 Å². The van der Waals surface area contributed by atoms with Gasteiger partial charge in [-0.05, 0) is 59.8 Å². The van der Waals surface area contributed by atoms with Gasteiger partial charge in [0.2, 0.25) is 0 Å². The van der Waals surface area contributed by atoms with Gasteiger partial charge in [0, 0.05) is 11.6 Å². The Kier molecular flexibility index (Phi) is 7.87. The third kappa shape index (κ3) is 6.11. The maximum absolute atomic E-state index is 11.8. The van der Waals surface area contributed by atoms with Crippen LogP contribution in [-0.4, -0.2) is 44.6 Å². The third-order valence-electron chi connectivity index (χ3n) is 4.21. The number of esters is 1. The molecule has 1 amide bonds. The monoisotopic (exact) mass is 455 g/mol. The molecule has 1 saturated heterocycles. The van der Waals surface area contributed by atoms with Crippen LogP contribution in [0.3, 0.4) is 0 Å². The number of thioether (sulfide) groups is 1. The van der Waals surface area contributed by atoms with E-state index in [-0.39, 0.29) is 10.1 Å². The SMILES string of the molecule is COC(=O)/C=C1/S/C(=N\N=Cc2ccc(OC)c(COc3ccc(OC)cc3)c2)NC1=O. The van der Waals surface area contributed by atoms with Gasteiger partial charge < -0.3 is 18.9 Å². The topological polar surface area (TPSA) is 108 Å². The Hall–Kier alpha value is -3.79. The summed E-state index contributed by atoms with van der Waals surface area (Å²) in [5.41, 5.74) is 1.59. The summed E-state index contributed by atoms with van der Waals surface area (Å²) in [6.07, 6.45) is 2.64. The first-order valence-corrected chi connectivity index (χ1v) is 10.2. The smallest absolute Gasteiger partial charge is 0.331 e. The molecule has 0 saturated carbocycles. The first-order chi connectivity index (χ1) is 15.5. The van der Waals surface area contributed by atoms with Gasteiger partial charge in [-0.2, -0.15) is 5.10 Å². The van der Waals surface area contributed by atoms with Crippen LogP contribution < -0.4 is 19.5 Å². The molecule has 0 atom stereocenters. The largest absolute Gasteiger partial charge is 0.497 e. The Balaban J connectivity index is 1.67. The number of nitrogens with zero attached hydrogens (tertiary/aromatic N) is 2. The first-order valence-electron chi connectivity index (χ1n) is 9.36. The maximum atomic E-state index is 11.8. The fraction of sp³-hybridized carbons (Fsp3) is 0.182. The second-order valence-corrected chi connectivity index (χ2v) is 7.30. The van der Waals surface area contributed by atoms with Crippen molar-refractivity contribution in [2.24, 2.45) is 10.2 Å². The number of hydrogen-bond acceptors (Lipinski definition) is 9. The number of ether oxygens (including phenoxy) is 4. The van der Waals surface area contributed by atoms with Crippen LogP contribution >= 0.6 is 11.8 Å². The molecule has 0 unspecified atom stereocenters. The summed E-state index contributed by atoms with van der Waals surface area (Å²) in [6, 6.07) is 12.8. The van der Waals surface area contributed by atoms with E-state index in [0.717, 1.165) is 34.7 Å². The van der Waals surface area contributed by atoms with Crippen LogP contribution in [0.1, 0.15) is 11.1 Å². The standard InChI is InChI=1S/C22H21N3O6S/c1-28-16-5-7-17(8-6-16)31-13-15-10-14(4-9-18(15)29-2)12-23-25-22-24-21(27)19(32-22)11-20(26)30-3/h4-12H,13H2,1-3H3,(H,24,25,27)/b19-11+,23-12?. The molecule has 0 aliphatic carbocycles. The Bertz CT molecular complexity index is 1080. The van der Waals surface area contributed by atoms with E-state index in [9.17, 15) is 9.59 Å². The van der Waals surface area contributed by atoms with Crippen molar-refractivity contribution in [1.82, 2.24) is 5.32 Å². The second-order valence-electron chi connectivity index (χ2n) is 6.27. The van der Waals surface area contributed by atoms with E-state index in [4.69, 9.17) is 14.2 Å². The molecule has 9 nitrogen and oxygen atoms in total. The molecule has 1 fully saturated rings. The molecule has 0 spiro atoms. The highest BCUT2D eigenvalue weighted by Gasteiger charge is 2.25. The highest BCUT2D eigenvalue weighted by Crippen LogP contribution is 2.24. The van der Waals surface area contributed by atoms with Crippen LogP contribution in [-0.2, 0) is 20.9 Å². The fourth-order valence-corrected chi connectivity index (χ4v) is 3.35. The predicted octanol–water partition coefficient (Wildman–Crippen LogP) is 2.89. The predicted molar refractivity (Wildman–Crippen MR) is 121 cm³/mol. The molecule has 3 rings (SSSR count). The summed E-state index contributed by atoms with van der Waals surface area (Å²) < 4.78 is 20.9. The second kappa shape index (κ2) is 11.0. The Morgan fingerprint density at radius 1 is 1.06 bits per heavy atom. The maximum Gasteiger partial charge on any atom is 0.331 e. The number of benzene rings is 2. The fourth-order valence-electron chi connectivity index (χ4n) is 2.61. The van der Waals surface area contributed by atoms with E-state index in [1.54, 1.807) is 14.2 Å². The Labute approximate surface area is 189 Å². The normalized spacial score (nSPS) is 15.8. The van der Waals surface area contributed by atoms with Crippen LogP contribution in [0.4, 0.5) is 0 Å². The molecule has 2 aromatic carbocycles. The lowest BCUT2D eigenvalue weighted by molar-refractivity contribution is -0.135. The molecule has 0 bridgehead atoms. The Morgan fingerprint density at radius 2 is 1.81 bits per heavy atom. The average Bonchev–Trinajstić information content (AvgIpc) is 3.16. The number of amides is 1. The van der Waals surface area contributed by atoms with Gasteiger partial charge in [0.25, 0.3) is 5.91 Å². The minimum Gasteiger partial charge on any atom is -0.497 e. The molecule has 1 heterocycles. The molecular formula is C22H21N3O6S. The number of carbonyl (C=O) groups is 2. The summed E-state index contributed by atoms with van der Waals surface area (Å²) in [5, 5.41) is 10.8. The highest BCUT2D eigenvalue weighted by atomic mass is 32.2. The Morgan fingerprint density at radius 3 is 2.50 bits per heavy atom. The summed E-state index contributed by atoms with van der Waals surface area (Å²) >= 11 is 1.00. The zero-order valence-corrected chi connectivity index (χ0v) is 18.5. The van der Waals surface area contributed by atoms with E-state index < -0.39 is 11.9 Å². The number of amidine groups is 1. The summed E-state index contributed by atoms with van der Waals surface area (Å²) in [6.45, 7) is 0.291. The van der Waals surface area contributed by atoms with Crippen molar-refractivity contribution < 1.29 is 28.5 Å². The van der Waals surface area contributed by atoms with Crippen molar-refractivity contribution >= 4 is 35.0 Å². The minimum atomic E-state index is -0.616. The van der Waals surface area contributed by atoms with Crippen LogP contribution in [0.15, 0.2) is 63.6 Å². The lowest BCUT2D eigenvalue weighted by Gasteiger charge is -2.11. The summed E-state index contributed by atoms with van der Waals surface area (Å²) in [5.74, 6) is 1.08. The van der Waals surface area contributed by atoms with Gasteiger partial charge in [-0.3, -0.25) is 10.1 Å². The van der Waals surface area contributed by atoms with Crippen molar-refractivity contribution in [3.63, 3.8) is 0 Å². The first kappa shape index (κ1) is 22.9. The van der Waals surface area contributed by atoms with Crippen LogP contribution in [0.5, 0.6) is 17.2 Å². The summed E-state index contributed by atoms with van der Waals surface area (Å²) in [4.78, 5) is 23.3. The highest BCUT2D eigenvalue weighted by molar-refractivity contribution is 8.18. The van der Waals surface area contributed by atoms with Crippen LogP contribution in [0.2, 0.25) is 0 Å². The molecule has 0 radical (unpaired) electrons. The van der Waals surface area contributed by atoms with E-state index in [2.05, 4.69) is 20.3 Å². The third-order valence-corrected chi connectivity index (χ3v) is 5.11. The van der Waals surface area contributed by atoms with Crippen LogP contribution in [0, 0.1) is 0 Å². The molecule has 1 aliphatic heterocycles. The van der Waals surface area contributed by atoms with Crippen molar-refractivity contribution in [3.8, 4) is 17.2 Å². The number of methoxy groups -OCH3 is 3. The van der Waals surface area contributed by atoms with Crippen molar-refractivity contribution in [2.75, 3.05) is 21.3 Å². The van der Waals surface area contributed by atoms with E-state index in [0.29, 0.717) is 18.1 Å². The van der Waals surface area contributed by atoms with Gasteiger partial charge in [0.15, 0.2) is 5.17 Å². The zero-order chi connectivity index (χ0) is 22.9. The van der Waals surface area contributed by atoms with Crippen molar-refractivity contribution in [2.45, 2.75) is 6.61 Å². The zero-order valence-electron chi connectivity index (χ0n) is 17.7. The molecular weight excluding hydrogens is 434 g/mol. The number of rotatable bonds is 8.